The number of carbonyl (C=O) groups is 1. The van der Waals surface area contributed by atoms with E-state index in [0.29, 0.717) is 18.5 Å². The standard InChI is InChI=1S/C26H26N4O5S2/c1-36(32,33)21-10-12-22(13-11-21)37(34,35)30-16-14-19(15-17-30)26(31)27-20-8-6-18(7-9-20)25-28-23-4-2-3-5-24(23)29-25/h2-13,19H,14-17H2,1H3,(H,27,31)(H,28,29). The minimum atomic E-state index is -3.78. The number of piperidine rings is 1. The van der Waals surface area contributed by atoms with Crippen LogP contribution in [0.2, 0.25) is 0 Å². The van der Waals surface area contributed by atoms with Gasteiger partial charge in [-0.3, -0.25) is 4.79 Å². The van der Waals surface area contributed by atoms with Crippen molar-refractivity contribution >= 4 is 42.5 Å². The molecule has 0 atom stereocenters. The van der Waals surface area contributed by atoms with Crippen molar-refractivity contribution in [1.29, 1.82) is 0 Å². The number of anilines is 1. The van der Waals surface area contributed by atoms with Gasteiger partial charge in [0, 0.05) is 36.5 Å². The van der Waals surface area contributed by atoms with E-state index in [-0.39, 0.29) is 34.7 Å². The average molecular weight is 539 g/mol. The molecular formula is C26H26N4O5S2. The number of carbonyl (C=O) groups excluding carboxylic acids is 1. The summed E-state index contributed by atoms with van der Waals surface area (Å²) in [6, 6.07) is 20.4. The van der Waals surface area contributed by atoms with Gasteiger partial charge in [0.05, 0.1) is 20.8 Å². The normalized spacial score (nSPS) is 15.6. The first-order valence-corrected chi connectivity index (χ1v) is 15.1. The maximum absolute atomic E-state index is 13.0. The van der Waals surface area contributed by atoms with Gasteiger partial charge in [-0.1, -0.05) is 12.1 Å². The summed E-state index contributed by atoms with van der Waals surface area (Å²) in [7, 11) is -7.19. The van der Waals surface area contributed by atoms with Crippen LogP contribution in [0.25, 0.3) is 22.4 Å². The van der Waals surface area contributed by atoms with Crippen molar-refractivity contribution in [2.45, 2.75) is 22.6 Å². The molecule has 1 aliphatic heterocycles. The molecule has 0 spiro atoms. The lowest BCUT2D eigenvalue weighted by molar-refractivity contribution is -0.120. The maximum atomic E-state index is 13.0. The Kier molecular flexibility index (Phi) is 6.61. The van der Waals surface area contributed by atoms with E-state index in [2.05, 4.69) is 15.3 Å². The van der Waals surface area contributed by atoms with Crippen molar-refractivity contribution in [3.63, 3.8) is 0 Å². The average Bonchev–Trinajstić information content (AvgIpc) is 3.33. The third-order valence-electron chi connectivity index (χ3n) is 6.53. The summed E-state index contributed by atoms with van der Waals surface area (Å²) in [5.74, 6) is 0.291. The zero-order chi connectivity index (χ0) is 26.2. The molecule has 0 saturated carbocycles. The maximum Gasteiger partial charge on any atom is 0.243 e. The van der Waals surface area contributed by atoms with Gasteiger partial charge >= 0.3 is 0 Å². The van der Waals surface area contributed by atoms with E-state index in [0.717, 1.165) is 28.7 Å². The van der Waals surface area contributed by atoms with Crippen molar-refractivity contribution in [1.82, 2.24) is 14.3 Å². The lowest BCUT2D eigenvalue weighted by Gasteiger charge is -2.30. The molecule has 0 unspecified atom stereocenters. The predicted octanol–water partition coefficient (Wildman–Crippen LogP) is 3.67. The van der Waals surface area contributed by atoms with E-state index in [1.165, 1.54) is 28.6 Å². The smallest absolute Gasteiger partial charge is 0.243 e. The fraction of sp³-hybridized carbons (Fsp3) is 0.231. The van der Waals surface area contributed by atoms with Crippen molar-refractivity contribution in [2.75, 3.05) is 24.7 Å². The number of sulfone groups is 1. The van der Waals surface area contributed by atoms with Crippen LogP contribution < -0.4 is 5.32 Å². The fourth-order valence-corrected chi connectivity index (χ4v) is 6.51. The van der Waals surface area contributed by atoms with E-state index in [4.69, 9.17) is 0 Å². The number of fused-ring (bicyclic) bond motifs is 1. The van der Waals surface area contributed by atoms with E-state index < -0.39 is 19.9 Å². The lowest BCUT2D eigenvalue weighted by atomic mass is 9.97. The highest BCUT2D eigenvalue weighted by Crippen LogP contribution is 2.27. The highest BCUT2D eigenvalue weighted by Gasteiger charge is 2.32. The summed E-state index contributed by atoms with van der Waals surface area (Å²) in [6.07, 6.45) is 1.86. The Hall–Kier alpha value is -3.54. The molecule has 1 amide bonds. The molecule has 37 heavy (non-hydrogen) atoms. The van der Waals surface area contributed by atoms with Crippen molar-refractivity contribution in [3.05, 3.63) is 72.8 Å². The monoisotopic (exact) mass is 538 g/mol. The van der Waals surface area contributed by atoms with E-state index in [1.807, 2.05) is 48.5 Å². The summed E-state index contributed by atoms with van der Waals surface area (Å²) < 4.78 is 50.6. The number of amides is 1. The number of rotatable bonds is 6. The SMILES string of the molecule is CS(=O)(=O)c1ccc(S(=O)(=O)N2CCC(C(=O)Nc3ccc(-c4nc5ccccc5[nH]4)cc3)CC2)cc1. The summed E-state index contributed by atoms with van der Waals surface area (Å²) in [5.41, 5.74) is 3.39. The minimum Gasteiger partial charge on any atom is -0.338 e. The fourth-order valence-electron chi connectivity index (χ4n) is 4.41. The molecule has 1 aromatic heterocycles. The van der Waals surface area contributed by atoms with Crippen LogP contribution in [0, 0.1) is 5.92 Å². The molecule has 4 aromatic rings. The van der Waals surface area contributed by atoms with Gasteiger partial charge in [-0.05, 0) is 73.5 Å². The molecule has 2 N–H and O–H groups in total. The predicted molar refractivity (Wildman–Crippen MR) is 141 cm³/mol. The molecule has 11 heteroatoms. The van der Waals surface area contributed by atoms with Gasteiger partial charge in [0.25, 0.3) is 0 Å². The third-order valence-corrected chi connectivity index (χ3v) is 9.57. The Bertz CT molecular complexity index is 1620. The van der Waals surface area contributed by atoms with Gasteiger partial charge in [-0.25, -0.2) is 21.8 Å². The highest BCUT2D eigenvalue weighted by molar-refractivity contribution is 7.90. The van der Waals surface area contributed by atoms with Crippen LogP contribution in [0.5, 0.6) is 0 Å². The van der Waals surface area contributed by atoms with E-state index in [9.17, 15) is 21.6 Å². The molecular weight excluding hydrogens is 512 g/mol. The Balaban J connectivity index is 1.19. The first-order chi connectivity index (χ1) is 17.6. The van der Waals surface area contributed by atoms with Gasteiger partial charge < -0.3 is 10.3 Å². The molecule has 2 heterocycles. The van der Waals surface area contributed by atoms with E-state index in [1.54, 1.807) is 0 Å². The zero-order valence-corrected chi connectivity index (χ0v) is 21.7. The van der Waals surface area contributed by atoms with Crippen LogP contribution in [0.3, 0.4) is 0 Å². The molecule has 0 bridgehead atoms. The summed E-state index contributed by atoms with van der Waals surface area (Å²) in [6.45, 7) is 0.415. The molecule has 0 aliphatic carbocycles. The Morgan fingerprint density at radius 3 is 2.14 bits per heavy atom. The quantitative estimate of drug-likeness (QED) is 0.385. The second-order valence-electron chi connectivity index (χ2n) is 9.09. The number of H-pyrrole nitrogens is 1. The number of imidazole rings is 1. The molecule has 1 aliphatic rings. The topological polar surface area (TPSA) is 129 Å². The van der Waals surface area contributed by atoms with E-state index >= 15 is 0 Å². The van der Waals surface area contributed by atoms with Gasteiger partial charge in [0.15, 0.2) is 9.84 Å². The largest absolute Gasteiger partial charge is 0.338 e. The van der Waals surface area contributed by atoms with Crippen molar-refractivity contribution < 1.29 is 21.6 Å². The second kappa shape index (κ2) is 9.73. The van der Waals surface area contributed by atoms with Crippen LogP contribution >= 0.6 is 0 Å². The number of benzene rings is 3. The molecule has 5 rings (SSSR count). The zero-order valence-electron chi connectivity index (χ0n) is 20.1. The number of nitrogens with zero attached hydrogens (tertiary/aromatic N) is 2. The van der Waals surface area contributed by atoms with Gasteiger partial charge in [-0.15, -0.1) is 0 Å². The third kappa shape index (κ3) is 5.29. The van der Waals surface area contributed by atoms with Crippen molar-refractivity contribution in [3.8, 4) is 11.4 Å². The number of hydrogen-bond donors (Lipinski definition) is 2. The first kappa shape index (κ1) is 25.1. The number of para-hydroxylation sites is 2. The second-order valence-corrected chi connectivity index (χ2v) is 13.0. The summed E-state index contributed by atoms with van der Waals surface area (Å²) >= 11 is 0. The van der Waals surface area contributed by atoms with Crippen LogP contribution in [-0.2, 0) is 24.7 Å². The van der Waals surface area contributed by atoms with Gasteiger partial charge in [0.1, 0.15) is 5.82 Å². The molecule has 1 saturated heterocycles. The Morgan fingerprint density at radius 1 is 0.892 bits per heavy atom. The molecule has 9 nitrogen and oxygen atoms in total. The summed E-state index contributed by atoms with van der Waals surface area (Å²) in [5, 5.41) is 2.93. The summed E-state index contributed by atoms with van der Waals surface area (Å²) in [4.78, 5) is 20.8. The number of sulfonamides is 1. The Morgan fingerprint density at radius 2 is 1.51 bits per heavy atom. The van der Waals surface area contributed by atoms with Crippen molar-refractivity contribution in [2.24, 2.45) is 5.92 Å². The number of aromatic nitrogens is 2. The molecule has 1 fully saturated rings. The molecule has 192 valence electrons. The van der Waals surface area contributed by atoms with Crippen LogP contribution in [-0.4, -0.2) is 56.4 Å². The van der Waals surface area contributed by atoms with Crippen LogP contribution in [0.4, 0.5) is 5.69 Å². The molecule has 0 radical (unpaired) electrons. The van der Waals surface area contributed by atoms with Crippen LogP contribution in [0.1, 0.15) is 12.8 Å². The number of hydrogen-bond acceptors (Lipinski definition) is 6. The minimum absolute atomic E-state index is 0.0346. The van der Waals surface area contributed by atoms with Gasteiger partial charge in [0.2, 0.25) is 15.9 Å². The Labute approximate surface area is 215 Å². The number of nitrogens with one attached hydrogen (secondary N) is 2. The molecule has 3 aromatic carbocycles. The number of aromatic amines is 1. The van der Waals surface area contributed by atoms with Gasteiger partial charge in [-0.2, -0.15) is 4.31 Å². The first-order valence-electron chi connectivity index (χ1n) is 11.8. The van der Waals surface area contributed by atoms with Crippen LogP contribution in [0.15, 0.2) is 82.6 Å². The lowest BCUT2D eigenvalue weighted by Crippen LogP contribution is -2.41. The highest BCUT2D eigenvalue weighted by atomic mass is 32.2.